The Bertz CT molecular complexity index is 365. The predicted molar refractivity (Wildman–Crippen MR) is 50.6 cm³/mol. The van der Waals surface area contributed by atoms with Crippen molar-refractivity contribution in [2.45, 2.75) is 12.5 Å². The van der Waals surface area contributed by atoms with E-state index in [1.807, 2.05) is 0 Å². The normalized spacial score (nSPS) is 11.1. The highest BCUT2D eigenvalue weighted by Crippen LogP contribution is 2.30. The highest BCUT2D eigenvalue weighted by molar-refractivity contribution is 6.22. The highest BCUT2D eigenvalue weighted by Gasteiger charge is 2.30. The maximum absolute atomic E-state index is 12.2. The minimum Gasteiger partial charge on any atom is -0.327 e. The van der Waals surface area contributed by atoms with E-state index in [4.69, 9.17) is 7.85 Å². The Morgan fingerprint density at radius 2 is 2.07 bits per heavy atom. The summed E-state index contributed by atoms with van der Waals surface area (Å²) in [4.78, 5) is 10.8. The number of hydrogen-bond acceptors (Lipinski definition) is 1. The SMILES string of the molecule is [B]CC(=O)Nc1cccc(C(F)(F)F)c1. The number of rotatable bonds is 2. The molecule has 0 aliphatic heterocycles. The van der Waals surface area contributed by atoms with Gasteiger partial charge >= 0.3 is 6.18 Å². The molecule has 0 fully saturated rings. The minimum absolute atomic E-state index is 0.0836. The van der Waals surface area contributed by atoms with Gasteiger partial charge in [-0.25, -0.2) is 0 Å². The van der Waals surface area contributed by atoms with Gasteiger partial charge in [-0.15, -0.1) is 0 Å². The van der Waals surface area contributed by atoms with E-state index in [1.165, 1.54) is 12.1 Å². The molecule has 0 saturated carbocycles. The zero-order chi connectivity index (χ0) is 11.5. The van der Waals surface area contributed by atoms with E-state index in [-0.39, 0.29) is 12.0 Å². The van der Waals surface area contributed by atoms with Gasteiger partial charge in [-0.05, 0) is 24.5 Å². The second-order valence-electron chi connectivity index (χ2n) is 2.83. The van der Waals surface area contributed by atoms with E-state index in [0.717, 1.165) is 12.1 Å². The number of anilines is 1. The molecule has 1 amide bonds. The van der Waals surface area contributed by atoms with Crippen molar-refractivity contribution in [3.05, 3.63) is 29.8 Å². The molecular weight excluding hydrogens is 206 g/mol. The fourth-order valence-corrected chi connectivity index (χ4v) is 0.985. The van der Waals surface area contributed by atoms with Gasteiger partial charge in [0.25, 0.3) is 0 Å². The molecule has 0 heterocycles. The summed E-state index contributed by atoms with van der Waals surface area (Å²) in [6.07, 6.45) is -4.68. The molecule has 1 aromatic carbocycles. The number of carbonyl (C=O) groups is 1. The van der Waals surface area contributed by atoms with E-state index in [0.29, 0.717) is 0 Å². The van der Waals surface area contributed by atoms with Crippen LogP contribution in [0, 0.1) is 0 Å². The summed E-state index contributed by atoms with van der Waals surface area (Å²) in [5.41, 5.74) is -0.724. The molecule has 1 N–H and O–H groups in total. The van der Waals surface area contributed by atoms with Crippen LogP contribution in [0.15, 0.2) is 24.3 Å². The molecule has 0 aliphatic carbocycles. The summed E-state index contributed by atoms with van der Waals surface area (Å²) in [6, 6.07) is 4.36. The van der Waals surface area contributed by atoms with Crippen molar-refractivity contribution >= 4 is 19.4 Å². The molecular formula is C9H7BF3NO. The Kier molecular flexibility index (Phi) is 3.39. The van der Waals surface area contributed by atoms with Crippen molar-refractivity contribution in [3.8, 4) is 0 Å². The second-order valence-corrected chi connectivity index (χ2v) is 2.83. The zero-order valence-electron chi connectivity index (χ0n) is 7.64. The summed E-state index contributed by atoms with van der Waals surface area (Å²) in [6.45, 7) is 0. The highest BCUT2D eigenvalue weighted by atomic mass is 19.4. The lowest BCUT2D eigenvalue weighted by Gasteiger charge is -2.09. The van der Waals surface area contributed by atoms with Crippen LogP contribution in [0.3, 0.4) is 0 Å². The van der Waals surface area contributed by atoms with Gasteiger partial charge in [-0.2, -0.15) is 13.2 Å². The van der Waals surface area contributed by atoms with Gasteiger partial charge < -0.3 is 5.32 Å². The van der Waals surface area contributed by atoms with Crippen molar-refractivity contribution in [2.75, 3.05) is 5.32 Å². The second kappa shape index (κ2) is 4.38. The molecule has 0 atom stereocenters. The molecule has 15 heavy (non-hydrogen) atoms. The molecule has 1 aromatic rings. The van der Waals surface area contributed by atoms with Gasteiger partial charge in [0.15, 0.2) is 0 Å². The fraction of sp³-hybridized carbons (Fsp3) is 0.222. The third kappa shape index (κ3) is 3.30. The average molecular weight is 213 g/mol. The van der Waals surface area contributed by atoms with Gasteiger partial charge in [0.1, 0.15) is 0 Å². The van der Waals surface area contributed by atoms with Crippen molar-refractivity contribution in [3.63, 3.8) is 0 Å². The first kappa shape index (κ1) is 11.6. The quantitative estimate of drug-likeness (QED) is 0.749. The van der Waals surface area contributed by atoms with Crippen LogP contribution in [0.2, 0.25) is 6.32 Å². The van der Waals surface area contributed by atoms with Crippen LogP contribution < -0.4 is 5.32 Å². The molecule has 0 aromatic heterocycles. The van der Waals surface area contributed by atoms with Crippen molar-refractivity contribution in [1.82, 2.24) is 0 Å². The lowest BCUT2D eigenvalue weighted by atomic mass is 10.0. The largest absolute Gasteiger partial charge is 0.416 e. The Balaban J connectivity index is 2.88. The van der Waals surface area contributed by atoms with Crippen LogP contribution in [0.1, 0.15) is 5.56 Å². The Labute approximate surface area is 85.9 Å². The van der Waals surface area contributed by atoms with Gasteiger partial charge in [-0.3, -0.25) is 4.79 Å². The summed E-state index contributed by atoms with van der Waals surface area (Å²) in [5, 5.41) is 2.24. The zero-order valence-corrected chi connectivity index (χ0v) is 7.64. The number of nitrogens with one attached hydrogen (secondary N) is 1. The third-order valence-electron chi connectivity index (χ3n) is 1.66. The van der Waals surface area contributed by atoms with E-state index in [2.05, 4.69) is 5.32 Å². The number of hydrogen-bond donors (Lipinski definition) is 1. The molecule has 0 aliphatic rings. The van der Waals surface area contributed by atoms with Crippen molar-refractivity contribution < 1.29 is 18.0 Å². The van der Waals surface area contributed by atoms with Crippen LogP contribution >= 0.6 is 0 Å². The lowest BCUT2D eigenvalue weighted by Crippen LogP contribution is -2.11. The maximum Gasteiger partial charge on any atom is 0.416 e. The van der Waals surface area contributed by atoms with Gasteiger partial charge in [0.2, 0.25) is 5.91 Å². The molecule has 0 unspecified atom stereocenters. The fourth-order valence-electron chi connectivity index (χ4n) is 0.985. The number of halogens is 3. The van der Waals surface area contributed by atoms with Crippen molar-refractivity contribution in [2.24, 2.45) is 0 Å². The molecule has 0 saturated heterocycles. The van der Waals surface area contributed by atoms with Crippen LogP contribution in [0.4, 0.5) is 18.9 Å². The predicted octanol–water partition coefficient (Wildman–Crippen LogP) is 2.23. The molecule has 0 spiro atoms. The number of carbonyl (C=O) groups excluding carboxylic acids is 1. The van der Waals surface area contributed by atoms with Gasteiger partial charge in [-0.1, -0.05) is 6.07 Å². The van der Waals surface area contributed by atoms with Crippen LogP contribution in [0.5, 0.6) is 0 Å². The molecule has 6 heteroatoms. The summed E-state index contributed by atoms with van der Waals surface area (Å²) < 4.78 is 36.7. The van der Waals surface area contributed by atoms with E-state index >= 15 is 0 Å². The van der Waals surface area contributed by atoms with E-state index in [1.54, 1.807) is 0 Å². The van der Waals surface area contributed by atoms with E-state index in [9.17, 15) is 18.0 Å². The standard InChI is InChI=1S/C9H7BF3NO/c10-5-8(15)14-7-3-1-2-6(4-7)9(11,12)13/h1-4H,5H2,(H,14,15). The number of alkyl halides is 3. The first-order valence-electron chi connectivity index (χ1n) is 4.10. The van der Waals surface area contributed by atoms with E-state index < -0.39 is 17.6 Å². The number of amides is 1. The summed E-state index contributed by atoms with van der Waals surface area (Å²) in [7, 11) is 5.01. The average Bonchev–Trinajstić information content (AvgIpc) is 2.17. The summed E-state index contributed by atoms with van der Waals surface area (Å²) >= 11 is 0. The third-order valence-corrected chi connectivity index (χ3v) is 1.66. The molecule has 78 valence electrons. The Hall–Kier alpha value is -1.46. The first-order chi connectivity index (χ1) is 6.93. The number of benzene rings is 1. The van der Waals surface area contributed by atoms with Crippen molar-refractivity contribution in [1.29, 1.82) is 0 Å². The summed E-state index contributed by atoms with van der Waals surface area (Å²) in [5.74, 6) is -0.533. The van der Waals surface area contributed by atoms with Crippen LogP contribution in [-0.2, 0) is 11.0 Å². The Morgan fingerprint density at radius 3 is 2.60 bits per heavy atom. The molecule has 0 bridgehead atoms. The van der Waals surface area contributed by atoms with Crippen LogP contribution in [0.25, 0.3) is 0 Å². The maximum atomic E-state index is 12.2. The molecule has 1 rings (SSSR count). The topological polar surface area (TPSA) is 29.1 Å². The van der Waals surface area contributed by atoms with Gasteiger partial charge in [0, 0.05) is 5.69 Å². The minimum atomic E-state index is -4.41. The smallest absolute Gasteiger partial charge is 0.327 e. The molecule has 2 radical (unpaired) electrons. The first-order valence-corrected chi connectivity index (χ1v) is 4.10. The monoisotopic (exact) mass is 213 g/mol. The lowest BCUT2D eigenvalue weighted by molar-refractivity contribution is -0.137. The Morgan fingerprint density at radius 1 is 1.40 bits per heavy atom. The van der Waals surface area contributed by atoms with Crippen LogP contribution in [-0.4, -0.2) is 13.8 Å². The molecule has 2 nitrogen and oxygen atoms in total. The van der Waals surface area contributed by atoms with Gasteiger partial charge in [0.05, 0.1) is 13.4 Å².